The van der Waals surface area contributed by atoms with Gasteiger partial charge in [0.25, 0.3) is 0 Å². The Morgan fingerprint density at radius 3 is 2.39 bits per heavy atom. The highest BCUT2D eigenvalue weighted by Crippen LogP contribution is 2.23. The second-order valence-electron chi connectivity index (χ2n) is 9.52. The predicted octanol–water partition coefficient (Wildman–Crippen LogP) is 3.06. The first-order chi connectivity index (χ1) is 18.8. The fourth-order valence-electron chi connectivity index (χ4n) is 4.74. The summed E-state index contributed by atoms with van der Waals surface area (Å²) in [4.78, 5) is 27.0. The lowest BCUT2D eigenvalue weighted by Crippen LogP contribution is -2.47. The smallest absolute Gasteiger partial charge is 0.232 e. The summed E-state index contributed by atoms with van der Waals surface area (Å²) in [5.41, 5.74) is 3.24. The van der Waals surface area contributed by atoms with Gasteiger partial charge in [0.1, 0.15) is 18.2 Å². The number of benzene rings is 2. The van der Waals surface area contributed by atoms with Crippen molar-refractivity contribution in [2.45, 2.75) is 18.9 Å². The van der Waals surface area contributed by atoms with Gasteiger partial charge >= 0.3 is 0 Å². The van der Waals surface area contributed by atoms with Crippen LogP contribution >= 0.6 is 0 Å². The highest BCUT2D eigenvalue weighted by molar-refractivity contribution is 5.56. The number of aromatic nitrogens is 5. The van der Waals surface area contributed by atoms with E-state index in [1.165, 1.54) is 5.56 Å². The molecule has 4 aromatic rings. The van der Waals surface area contributed by atoms with Crippen molar-refractivity contribution in [2.24, 2.45) is 0 Å². The maximum atomic E-state index is 6.07. The van der Waals surface area contributed by atoms with Crippen LogP contribution in [0.25, 0.3) is 0 Å². The Morgan fingerprint density at radius 2 is 1.63 bits per heavy atom. The average Bonchev–Trinajstić information content (AvgIpc) is 3.48. The number of rotatable bonds is 8. The minimum Gasteiger partial charge on any atom is -0.489 e. The monoisotopic (exact) mass is 509 g/mol. The minimum absolute atomic E-state index is 0.213. The van der Waals surface area contributed by atoms with Crippen molar-refractivity contribution >= 4 is 23.5 Å². The van der Waals surface area contributed by atoms with E-state index in [2.05, 4.69) is 69.6 Å². The van der Waals surface area contributed by atoms with Crippen molar-refractivity contribution in [1.82, 2.24) is 30.2 Å². The summed E-state index contributed by atoms with van der Waals surface area (Å²) in [6.45, 7) is 5.02. The van der Waals surface area contributed by atoms with Gasteiger partial charge in [-0.3, -0.25) is 0 Å². The van der Waals surface area contributed by atoms with Crippen LogP contribution in [0.5, 0.6) is 5.75 Å². The van der Waals surface area contributed by atoms with Gasteiger partial charge in [0.2, 0.25) is 17.8 Å². The summed E-state index contributed by atoms with van der Waals surface area (Å²) >= 11 is 0. The van der Waals surface area contributed by atoms with Crippen LogP contribution in [-0.4, -0.2) is 70.3 Å². The third kappa shape index (κ3) is 5.97. The van der Waals surface area contributed by atoms with Crippen LogP contribution in [0.3, 0.4) is 0 Å². The summed E-state index contributed by atoms with van der Waals surface area (Å²) in [5, 5.41) is 6.62. The third-order valence-electron chi connectivity index (χ3n) is 6.76. The number of anilines is 4. The number of hydrogen-bond donors (Lipinski definition) is 2. The van der Waals surface area contributed by atoms with Gasteiger partial charge in [-0.05, 0) is 36.2 Å². The Labute approximate surface area is 222 Å². The summed E-state index contributed by atoms with van der Waals surface area (Å²) in [6, 6.07) is 18.3. The van der Waals surface area contributed by atoms with Crippen LogP contribution in [-0.2, 0) is 6.42 Å². The van der Waals surface area contributed by atoms with E-state index in [0.29, 0.717) is 11.9 Å². The average molecular weight is 510 g/mol. The van der Waals surface area contributed by atoms with E-state index in [1.807, 2.05) is 42.7 Å². The Morgan fingerprint density at radius 1 is 0.842 bits per heavy atom. The SMILES string of the molecule is c1ccc(Cc2cnc(N3CCN(c4ncnc(Nc5cccc(O[C@@H]6CCNC6)c5)n4)CC3)nc2)cc1. The van der Waals surface area contributed by atoms with Crippen LogP contribution in [0.2, 0.25) is 0 Å². The van der Waals surface area contributed by atoms with E-state index in [1.54, 1.807) is 6.33 Å². The van der Waals surface area contributed by atoms with Gasteiger partial charge < -0.3 is 25.2 Å². The normalized spacial score (nSPS) is 17.4. The van der Waals surface area contributed by atoms with Gasteiger partial charge in [-0.1, -0.05) is 36.4 Å². The summed E-state index contributed by atoms with van der Waals surface area (Å²) < 4.78 is 6.07. The van der Waals surface area contributed by atoms with E-state index < -0.39 is 0 Å². The van der Waals surface area contributed by atoms with Crippen LogP contribution in [0.1, 0.15) is 17.5 Å². The van der Waals surface area contributed by atoms with Crippen molar-refractivity contribution in [2.75, 3.05) is 54.4 Å². The Kier molecular flexibility index (Phi) is 7.21. The molecule has 2 aromatic carbocycles. The molecule has 2 aliphatic rings. The zero-order valence-electron chi connectivity index (χ0n) is 21.2. The lowest BCUT2D eigenvalue weighted by molar-refractivity contribution is 0.223. The number of piperazine rings is 1. The van der Waals surface area contributed by atoms with E-state index >= 15 is 0 Å². The molecule has 6 rings (SSSR count). The molecule has 0 amide bonds. The number of nitrogens with zero attached hydrogens (tertiary/aromatic N) is 7. The first kappa shape index (κ1) is 24.1. The maximum Gasteiger partial charge on any atom is 0.232 e. The van der Waals surface area contributed by atoms with Crippen molar-refractivity contribution in [3.05, 3.63) is 84.4 Å². The summed E-state index contributed by atoms with van der Waals surface area (Å²) in [5.74, 6) is 2.76. The number of hydrogen-bond acceptors (Lipinski definition) is 10. The van der Waals surface area contributed by atoms with Crippen molar-refractivity contribution < 1.29 is 4.74 Å². The van der Waals surface area contributed by atoms with Crippen molar-refractivity contribution in [3.63, 3.8) is 0 Å². The van der Waals surface area contributed by atoms with Gasteiger partial charge in [0.05, 0.1) is 0 Å². The molecule has 4 heterocycles. The molecule has 194 valence electrons. The standard InChI is InChI=1S/C28H31N9O/c1-2-5-21(6-3-1)15-22-17-30-27(31-18-22)36-11-13-37(14-12-36)28-33-20-32-26(35-28)34-23-7-4-8-24(16-23)38-25-9-10-29-19-25/h1-8,16-18,20,25,29H,9-15,19H2,(H,32,33,34,35)/t25-/m1/s1. The topological polar surface area (TPSA) is 104 Å². The first-order valence-electron chi connectivity index (χ1n) is 13.1. The van der Waals surface area contributed by atoms with Crippen LogP contribution in [0.15, 0.2) is 73.3 Å². The fourth-order valence-corrected chi connectivity index (χ4v) is 4.74. The van der Waals surface area contributed by atoms with Gasteiger partial charge in [-0.15, -0.1) is 0 Å². The van der Waals surface area contributed by atoms with E-state index in [9.17, 15) is 0 Å². The lowest BCUT2D eigenvalue weighted by Gasteiger charge is -2.34. The van der Waals surface area contributed by atoms with Crippen LogP contribution in [0, 0.1) is 0 Å². The second kappa shape index (κ2) is 11.4. The second-order valence-corrected chi connectivity index (χ2v) is 9.52. The van der Waals surface area contributed by atoms with Crippen molar-refractivity contribution in [1.29, 1.82) is 0 Å². The molecule has 2 aromatic heterocycles. The molecule has 2 N–H and O–H groups in total. The lowest BCUT2D eigenvalue weighted by atomic mass is 10.1. The van der Waals surface area contributed by atoms with E-state index in [4.69, 9.17) is 4.74 Å². The largest absolute Gasteiger partial charge is 0.489 e. The Balaban J connectivity index is 1.04. The van der Waals surface area contributed by atoms with E-state index in [-0.39, 0.29) is 6.10 Å². The summed E-state index contributed by atoms with van der Waals surface area (Å²) in [7, 11) is 0. The molecule has 2 fully saturated rings. The molecular weight excluding hydrogens is 478 g/mol. The quantitative estimate of drug-likeness (QED) is 0.368. The van der Waals surface area contributed by atoms with E-state index in [0.717, 1.165) is 75.1 Å². The molecular formula is C28H31N9O. The molecule has 2 saturated heterocycles. The maximum absolute atomic E-state index is 6.07. The van der Waals surface area contributed by atoms with Crippen molar-refractivity contribution in [3.8, 4) is 5.75 Å². The molecule has 0 aliphatic carbocycles. The van der Waals surface area contributed by atoms with Gasteiger partial charge in [0.15, 0.2) is 0 Å². The van der Waals surface area contributed by atoms with Gasteiger partial charge in [-0.2, -0.15) is 4.98 Å². The zero-order valence-corrected chi connectivity index (χ0v) is 21.2. The van der Waals surface area contributed by atoms with Crippen LogP contribution in [0.4, 0.5) is 23.5 Å². The molecule has 0 radical (unpaired) electrons. The zero-order chi connectivity index (χ0) is 25.6. The minimum atomic E-state index is 0.213. The Bertz CT molecular complexity index is 1320. The van der Waals surface area contributed by atoms with Gasteiger partial charge in [-0.25, -0.2) is 19.9 Å². The molecule has 38 heavy (non-hydrogen) atoms. The molecule has 0 bridgehead atoms. The predicted molar refractivity (Wildman–Crippen MR) is 147 cm³/mol. The Hall–Kier alpha value is -4.31. The molecule has 0 spiro atoms. The number of ether oxygens (including phenoxy) is 1. The summed E-state index contributed by atoms with van der Waals surface area (Å²) in [6.07, 6.45) is 7.47. The highest BCUT2D eigenvalue weighted by atomic mass is 16.5. The number of nitrogens with one attached hydrogen (secondary N) is 2. The molecule has 2 aliphatic heterocycles. The first-order valence-corrected chi connectivity index (χ1v) is 13.1. The molecule has 1 atom stereocenters. The van der Waals surface area contributed by atoms with Gasteiger partial charge in [0, 0.05) is 63.3 Å². The molecule has 10 nitrogen and oxygen atoms in total. The van der Waals surface area contributed by atoms with Crippen LogP contribution < -0.4 is 25.2 Å². The molecule has 0 saturated carbocycles. The third-order valence-corrected chi connectivity index (χ3v) is 6.76. The fraction of sp³-hybridized carbons (Fsp3) is 0.321. The highest BCUT2D eigenvalue weighted by Gasteiger charge is 2.21. The molecule has 0 unspecified atom stereocenters. The molecule has 10 heteroatoms.